The first kappa shape index (κ1) is 22.6. The minimum atomic E-state index is -0.0907. The van der Waals surface area contributed by atoms with Crippen molar-refractivity contribution in [1.29, 1.82) is 0 Å². The van der Waals surface area contributed by atoms with E-state index in [2.05, 4.69) is 10.5 Å². The fourth-order valence-corrected chi connectivity index (χ4v) is 4.12. The fraction of sp³-hybridized carbons (Fsp3) is 0.440. The normalized spacial score (nSPS) is 17.6. The van der Waals surface area contributed by atoms with Crippen LogP contribution in [0.4, 0.5) is 0 Å². The molecule has 2 aliphatic rings. The van der Waals surface area contributed by atoms with Crippen molar-refractivity contribution in [1.82, 2.24) is 5.32 Å². The zero-order valence-electron chi connectivity index (χ0n) is 18.1. The Labute approximate surface area is 193 Å². The molecule has 0 atom stereocenters. The number of ether oxygens (including phenoxy) is 2. The van der Waals surface area contributed by atoms with Crippen LogP contribution in [0.2, 0.25) is 5.02 Å². The molecule has 2 aromatic rings. The lowest BCUT2D eigenvalue weighted by Gasteiger charge is -2.22. The Morgan fingerprint density at radius 2 is 1.94 bits per heavy atom. The number of aryl methyl sites for hydroxylation is 1. The summed E-state index contributed by atoms with van der Waals surface area (Å²) in [6.07, 6.45) is 4.84. The molecule has 7 heteroatoms. The summed E-state index contributed by atoms with van der Waals surface area (Å²) in [7, 11) is 0. The van der Waals surface area contributed by atoms with E-state index in [1.54, 1.807) is 0 Å². The molecule has 6 nitrogen and oxygen atoms in total. The van der Waals surface area contributed by atoms with Crippen LogP contribution < -0.4 is 10.1 Å². The number of benzene rings is 2. The number of amides is 1. The lowest BCUT2D eigenvalue weighted by atomic mass is 9.90. The Morgan fingerprint density at radius 1 is 1.12 bits per heavy atom. The van der Waals surface area contributed by atoms with Crippen LogP contribution in [0.25, 0.3) is 0 Å². The van der Waals surface area contributed by atoms with E-state index < -0.39 is 0 Å². The summed E-state index contributed by atoms with van der Waals surface area (Å²) in [5.74, 6) is 1.11. The molecule has 4 rings (SSSR count). The van der Waals surface area contributed by atoms with Crippen LogP contribution in [0.1, 0.15) is 42.4 Å². The van der Waals surface area contributed by atoms with E-state index in [0.717, 1.165) is 62.2 Å². The Bertz CT molecular complexity index is 939. The molecular weight excluding hydrogens is 428 g/mol. The number of hydrogen-bond acceptors (Lipinski definition) is 5. The largest absolute Gasteiger partial charge is 0.484 e. The molecular formula is C25H29ClN2O4. The average Bonchev–Trinajstić information content (AvgIpc) is 2.83. The van der Waals surface area contributed by atoms with Crippen LogP contribution in [0.15, 0.2) is 47.6 Å². The van der Waals surface area contributed by atoms with E-state index in [-0.39, 0.29) is 12.5 Å². The van der Waals surface area contributed by atoms with Crippen LogP contribution in [0.3, 0.4) is 0 Å². The minimum Gasteiger partial charge on any atom is -0.484 e. The number of nitrogens with zero attached hydrogens (tertiary/aromatic N) is 1. The molecule has 1 amide bonds. The van der Waals surface area contributed by atoms with Crippen LogP contribution in [-0.2, 0) is 27.4 Å². The Kier molecular flexibility index (Phi) is 8.02. The maximum absolute atomic E-state index is 12.1. The van der Waals surface area contributed by atoms with Crippen LogP contribution in [0, 0.1) is 5.92 Å². The van der Waals surface area contributed by atoms with Gasteiger partial charge in [0.1, 0.15) is 12.4 Å². The molecule has 0 saturated carbocycles. The maximum Gasteiger partial charge on any atom is 0.257 e. The third-order valence-corrected chi connectivity index (χ3v) is 6.12. The Balaban J connectivity index is 1.28. The Morgan fingerprint density at radius 3 is 2.75 bits per heavy atom. The lowest BCUT2D eigenvalue weighted by Crippen LogP contribution is -2.35. The second-order valence-electron chi connectivity index (χ2n) is 8.26. The summed E-state index contributed by atoms with van der Waals surface area (Å²) in [4.78, 5) is 17.7. The number of rotatable bonds is 8. The number of nitrogens with one attached hydrogen (secondary N) is 1. The molecule has 0 unspecified atom stereocenters. The van der Waals surface area contributed by atoms with E-state index in [1.807, 2.05) is 42.5 Å². The molecule has 1 aliphatic carbocycles. The summed E-state index contributed by atoms with van der Waals surface area (Å²) in [6, 6.07) is 13.5. The SMILES string of the molecule is O=C(COc1ccc2c(c1)CCC/C2=N\OCc1ccc(Cl)cc1)NCC1CCOCC1. The third kappa shape index (κ3) is 6.47. The van der Waals surface area contributed by atoms with Gasteiger partial charge in [0, 0.05) is 30.3 Å². The first-order chi connectivity index (χ1) is 15.7. The van der Waals surface area contributed by atoms with Gasteiger partial charge in [-0.3, -0.25) is 4.79 Å². The van der Waals surface area contributed by atoms with Gasteiger partial charge in [-0.05, 0) is 79.5 Å². The van der Waals surface area contributed by atoms with E-state index in [0.29, 0.717) is 29.8 Å². The van der Waals surface area contributed by atoms with Gasteiger partial charge in [0.15, 0.2) is 6.61 Å². The second-order valence-corrected chi connectivity index (χ2v) is 8.70. The summed E-state index contributed by atoms with van der Waals surface area (Å²) >= 11 is 5.92. The van der Waals surface area contributed by atoms with Crippen molar-refractivity contribution in [2.45, 2.75) is 38.7 Å². The molecule has 1 heterocycles. The molecule has 1 saturated heterocycles. The van der Waals surface area contributed by atoms with Crippen molar-refractivity contribution in [2.24, 2.45) is 11.1 Å². The van der Waals surface area contributed by atoms with Crippen LogP contribution in [0.5, 0.6) is 5.75 Å². The zero-order valence-corrected chi connectivity index (χ0v) is 18.9. The topological polar surface area (TPSA) is 69.2 Å². The van der Waals surface area contributed by atoms with Crippen LogP contribution in [-0.4, -0.2) is 38.0 Å². The van der Waals surface area contributed by atoms with Gasteiger partial charge in [-0.2, -0.15) is 0 Å². The highest BCUT2D eigenvalue weighted by Gasteiger charge is 2.18. The molecule has 1 N–H and O–H groups in total. The molecule has 1 fully saturated rings. The van der Waals surface area contributed by atoms with E-state index in [4.69, 9.17) is 25.9 Å². The number of carbonyl (C=O) groups excluding carboxylic acids is 1. The van der Waals surface area contributed by atoms with E-state index in [1.165, 1.54) is 5.56 Å². The molecule has 0 bridgehead atoms. The molecule has 0 radical (unpaired) electrons. The molecule has 32 heavy (non-hydrogen) atoms. The van der Waals surface area contributed by atoms with Crippen molar-refractivity contribution < 1.29 is 19.1 Å². The molecule has 0 aromatic heterocycles. The average molecular weight is 457 g/mol. The standard InChI is InChI=1S/C25H29ClN2O4/c26-21-6-4-19(5-7-21)16-32-28-24-3-1-2-20-14-22(8-9-23(20)24)31-17-25(29)27-15-18-10-12-30-13-11-18/h4-9,14,18H,1-3,10-13,15-17H2,(H,27,29)/b28-24+. The zero-order chi connectivity index (χ0) is 22.2. The van der Waals surface area contributed by atoms with E-state index in [9.17, 15) is 4.79 Å². The van der Waals surface area contributed by atoms with Gasteiger partial charge < -0.3 is 19.6 Å². The highest BCUT2D eigenvalue weighted by Crippen LogP contribution is 2.26. The predicted octanol–water partition coefficient (Wildman–Crippen LogP) is 4.52. The highest BCUT2D eigenvalue weighted by atomic mass is 35.5. The fourth-order valence-electron chi connectivity index (χ4n) is 4.00. The Hall–Kier alpha value is -2.57. The van der Waals surface area contributed by atoms with Crippen molar-refractivity contribution in [2.75, 3.05) is 26.4 Å². The monoisotopic (exact) mass is 456 g/mol. The van der Waals surface area contributed by atoms with Crippen LogP contribution >= 0.6 is 11.6 Å². The van der Waals surface area contributed by atoms with Gasteiger partial charge in [0.2, 0.25) is 0 Å². The van der Waals surface area contributed by atoms with Crippen molar-refractivity contribution in [3.8, 4) is 5.75 Å². The smallest absolute Gasteiger partial charge is 0.257 e. The van der Waals surface area contributed by atoms with Gasteiger partial charge in [-0.1, -0.05) is 28.9 Å². The summed E-state index contributed by atoms with van der Waals surface area (Å²) in [5, 5.41) is 8.06. The minimum absolute atomic E-state index is 0.0210. The molecule has 0 spiro atoms. The molecule has 170 valence electrons. The summed E-state index contributed by atoms with van der Waals surface area (Å²) < 4.78 is 11.1. The van der Waals surface area contributed by atoms with Crippen molar-refractivity contribution >= 4 is 23.2 Å². The van der Waals surface area contributed by atoms with Gasteiger partial charge >= 0.3 is 0 Å². The van der Waals surface area contributed by atoms with Gasteiger partial charge in [-0.15, -0.1) is 0 Å². The first-order valence-electron chi connectivity index (χ1n) is 11.2. The number of fused-ring (bicyclic) bond motifs is 1. The van der Waals surface area contributed by atoms with Gasteiger partial charge in [0.05, 0.1) is 5.71 Å². The number of oxime groups is 1. The third-order valence-electron chi connectivity index (χ3n) is 5.87. The molecule has 1 aliphatic heterocycles. The molecule has 2 aromatic carbocycles. The summed E-state index contributed by atoms with van der Waals surface area (Å²) in [5.41, 5.74) is 4.23. The highest BCUT2D eigenvalue weighted by molar-refractivity contribution is 6.30. The first-order valence-corrected chi connectivity index (χ1v) is 11.6. The summed E-state index contributed by atoms with van der Waals surface area (Å²) in [6.45, 7) is 2.67. The van der Waals surface area contributed by atoms with Crippen molar-refractivity contribution in [3.63, 3.8) is 0 Å². The predicted molar refractivity (Wildman–Crippen MR) is 124 cm³/mol. The second kappa shape index (κ2) is 11.3. The lowest BCUT2D eigenvalue weighted by molar-refractivity contribution is -0.123. The quantitative estimate of drug-likeness (QED) is 0.593. The number of carbonyl (C=O) groups is 1. The number of hydrogen-bond donors (Lipinski definition) is 1. The maximum atomic E-state index is 12.1. The van der Waals surface area contributed by atoms with Crippen molar-refractivity contribution in [3.05, 3.63) is 64.2 Å². The van der Waals surface area contributed by atoms with Gasteiger partial charge in [0.25, 0.3) is 5.91 Å². The van der Waals surface area contributed by atoms with Gasteiger partial charge in [-0.25, -0.2) is 0 Å². The number of halogens is 1. The van der Waals surface area contributed by atoms with E-state index >= 15 is 0 Å².